The van der Waals surface area contributed by atoms with Gasteiger partial charge in [-0.1, -0.05) is 41.9 Å². The van der Waals surface area contributed by atoms with E-state index in [0.29, 0.717) is 22.0 Å². The van der Waals surface area contributed by atoms with Crippen molar-refractivity contribution < 1.29 is 4.79 Å². The molecule has 0 saturated carbocycles. The van der Waals surface area contributed by atoms with Gasteiger partial charge in [0.1, 0.15) is 0 Å². The van der Waals surface area contributed by atoms with Crippen molar-refractivity contribution in [1.29, 1.82) is 0 Å². The number of benzene rings is 2. The van der Waals surface area contributed by atoms with Crippen molar-refractivity contribution in [1.82, 2.24) is 10.9 Å². The van der Waals surface area contributed by atoms with E-state index in [2.05, 4.69) is 17.4 Å². The van der Waals surface area contributed by atoms with Gasteiger partial charge in [0.2, 0.25) is 0 Å². The molecule has 1 amide bonds. The zero-order chi connectivity index (χ0) is 15.4. The molecule has 4 nitrogen and oxygen atoms in total. The summed E-state index contributed by atoms with van der Waals surface area (Å²) >= 11 is 11.8. The molecule has 2 aromatic carbocycles. The van der Waals surface area contributed by atoms with Crippen LogP contribution < -0.4 is 16.6 Å². The first-order valence-electron chi connectivity index (χ1n) is 6.03. The van der Waals surface area contributed by atoms with Crippen LogP contribution in [0.25, 0.3) is 5.70 Å². The fraction of sp³-hybridized carbons (Fsp3) is 0. The molecule has 0 aliphatic rings. The lowest BCUT2D eigenvalue weighted by Gasteiger charge is -2.12. The van der Waals surface area contributed by atoms with Gasteiger partial charge in [0.05, 0.1) is 16.3 Å². The van der Waals surface area contributed by atoms with Crippen molar-refractivity contribution >= 4 is 40.5 Å². The summed E-state index contributed by atoms with van der Waals surface area (Å²) in [6, 6.07) is 11.8. The van der Waals surface area contributed by atoms with Crippen LogP contribution in [0.4, 0.5) is 5.69 Å². The summed E-state index contributed by atoms with van der Waals surface area (Å²) in [7, 11) is 0. The zero-order valence-corrected chi connectivity index (χ0v) is 12.5. The van der Waals surface area contributed by atoms with Crippen LogP contribution in [-0.2, 0) is 0 Å². The summed E-state index contributed by atoms with van der Waals surface area (Å²) in [4.78, 5) is 12.0. The molecule has 0 fully saturated rings. The molecule has 6 heteroatoms. The number of carbonyl (C=O) groups excluding carboxylic acids is 1. The Labute approximate surface area is 132 Å². The molecule has 4 N–H and O–H groups in total. The zero-order valence-electron chi connectivity index (χ0n) is 11.0. The monoisotopic (exact) mass is 321 g/mol. The normalized spacial score (nSPS) is 10.0. The number of nitrogen functional groups attached to an aromatic ring is 1. The summed E-state index contributed by atoms with van der Waals surface area (Å²) in [5, 5.41) is 0.741. The highest BCUT2D eigenvalue weighted by atomic mass is 35.5. The van der Waals surface area contributed by atoms with Gasteiger partial charge in [-0.2, -0.15) is 0 Å². The number of hydrazine groups is 1. The number of halogens is 2. The number of amides is 1. The van der Waals surface area contributed by atoms with Gasteiger partial charge in [-0.3, -0.25) is 15.6 Å². The van der Waals surface area contributed by atoms with Crippen molar-refractivity contribution in [2.75, 3.05) is 5.73 Å². The van der Waals surface area contributed by atoms with E-state index in [-0.39, 0.29) is 10.9 Å². The minimum atomic E-state index is -0.387. The van der Waals surface area contributed by atoms with Crippen molar-refractivity contribution in [3.05, 3.63) is 70.2 Å². The van der Waals surface area contributed by atoms with Gasteiger partial charge >= 0.3 is 0 Å². The molecule has 0 radical (unpaired) electrons. The van der Waals surface area contributed by atoms with E-state index in [1.807, 2.05) is 6.07 Å². The van der Waals surface area contributed by atoms with Crippen LogP contribution >= 0.6 is 23.2 Å². The topological polar surface area (TPSA) is 67.1 Å². The maximum atomic E-state index is 12.0. The van der Waals surface area contributed by atoms with Crippen molar-refractivity contribution in [3.8, 4) is 0 Å². The van der Waals surface area contributed by atoms with Crippen molar-refractivity contribution in [3.63, 3.8) is 0 Å². The van der Waals surface area contributed by atoms with E-state index in [9.17, 15) is 4.79 Å². The molecule has 0 saturated heterocycles. The first-order valence-corrected chi connectivity index (χ1v) is 6.79. The summed E-state index contributed by atoms with van der Waals surface area (Å²) in [6.45, 7) is 3.83. The Bertz CT molecular complexity index is 701. The Morgan fingerprint density at radius 3 is 2.52 bits per heavy atom. The maximum Gasteiger partial charge on any atom is 0.271 e. The predicted molar refractivity (Wildman–Crippen MR) is 87.0 cm³/mol. The molecule has 0 spiro atoms. The standard InChI is InChI=1S/C15H13Cl2N3O/c1-9(10-3-2-4-12(18)7-10)19-20-15(21)13-6-5-11(16)8-14(13)17/h2-8,19H,1,18H2,(H,20,21). The molecule has 0 heterocycles. The Hall–Kier alpha value is -2.17. The largest absolute Gasteiger partial charge is 0.399 e. The Morgan fingerprint density at radius 1 is 1.10 bits per heavy atom. The lowest BCUT2D eigenvalue weighted by Crippen LogP contribution is -2.36. The van der Waals surface area contributed by atoms with Gasteiger partial charge in [-0.15, -0.1) is 0 Å². The maximum absolute atomic E-state index is 12.0. The van der Waals surface area contributed by atoms with Crippen LogP contribution in [0.2, 0.25) is 10.0 Å². The molecule has 2 rings (SSSR count). The lowest BCUT2D eigenvalue weighted by molar-refractivity contribution is 0.0942. The van der Waals surface area contributed by atoms with E-state index < -0.39 is 0 Å². The molecular weight excluding hydrogens is 309 g/mol. The third-order valence-electron chi connectivity index (χ3n) is 2.74. The molecule has 0 aromatic heterocycles. The van der Waals surface area contributed by atoms with Crippen LogP contribution in [0.15, 0.2) is 49.0 Å². The Kier molecular flexibility index (Phi) is 4.73. The van der Waals surface area contributed by atoms with Crippen LogP contribution in [0.3, 0.4) is 0 Å². The molecule has 0 atom stereocenters. The molecule has 0 bridgehead atoms. The van der Waals surface area contributed by atoms with Gasteiger partial charge < -0.3 is 5.73 Å². The van der Waals surface area contributed by atoms with Crippen molar-refractivity contribution in [2.24, 2.45) is 0 Å². The first-order chi connectivity index (χ1) is 9.97. The summed E-state index contributed by atoms with van der Waals surface area (Å²) in [5.74, 6) is -0.387. The minimum absolute atomic E-state index is 0.274. The number of rotatable bonds is 4. The van der Waals surface area contributed by atoms with Gasteiger partial charge in [-0.25, -0.2) is 0 Å². The first kappa shape index (κ1) is 15.2. The van der Waals surface area contributed by atoms with Gasteiger partial charge in [0.25, 0.3) is 5.91 Å². The number of hydrogen-bond donors (Lipinski definition) is 3. The van der Waals surface area contributed by atoms with E-state index in [1.54, 1.807) is 30.3 Å². The molecule has 21 heavy (non-hydrogen) atoms. The van der Waals surface area contributed by atoms with Crippen LogP contribution in [-0.4, -0.2) is 5.91 Å². The summed E-state index contributed by atoms with van der Waals surface area (Å²) in [5.41, 5.74) is 13.2. The molecule has 0 unspecified atom stereocenters. The Balaban J connectivity index is 2.02. The summed E-state index contributed by atoms with van der Waals surface area (Å²) < 4.78 is 0. The van der Waals surface area contributed by atoms with E-state index in [1.165, 1.54) is 6.07 Å². The lowest BCUT2D eigenvalue weighted by atomic mass is 10.1. The minimum Gasteiger partial charge on any atom is -0.399 e. The van der Waals surface area contributed by atoms with Crippen molar-refractivity contribution in [2.45, 2.75) is 0 Å². The van der Waals surface area contributed by atoms with Crippen LogP contribution in [0.1, 0.15) is 15.9 Å². The van der Waals surface area contributed by atoms with Gasteiger partial charge in [0, 0.05) is 16.3 Å². The number of nitrogens with two attached hydrogens (primary N) is 1. The second kappa shape index (κ2) is 6.52. The third-order valence-corrected chi connectivity index (χ3v) is 3.29. The fourth-order valence-electron chi connectivity index (χ4n) is 1.67. The van der Waals surface area contributed by atoms with Crippen LogP contribution in [0.5, 0.6) is 0 Å². The molecular formula is C15H13Cl2N3O. The predicted octanol–water partition coefficient (Wildman–Crippen LogP) is 3.48. The number of carbonyl (C=O) groups is 1. The van der Waals surface area contributed by atoms with Gasteiger partial charge in [-0.05, 0) is 30.3 Å². The van der Waals surface area contributed by atoms with E-state index in [0.717, 1.165) is 5.56 Å². The Morgan fingerprint density at radius 2 is 1.86 bits per heavy atom. The highest BCUT2D eigenvalue weighted by Gasteiger charge is 2.10. The van der Waals surface area contributed by atoms with Crippen LogP contribution in [0, 0.1) is 0 Å². The second-order valence-electron chi connectivity index (χ2n) is 4.31. The number of anilines is 1. The smallest absolute Gasteiger partial charge is 0.271 e. The highest BCUT2D eigenvalue weighted by molar-refractivity contribution is 6.36. The highest BCUT2D eigenvalue weighted by Crippen LogP contribution is 2.20. The second-order valence-corrected chi connectivity index (χ2v) is 5.15. The fourth-order valence-corrected chi connectivity index (χ4v) is 2.17. The quantitative estimate of drug-likeness (QED) is 0.596. The number of hydrogen-bond acceptors (Lipinski definition) is 3. The third kappa shape index (κ3) is 3.90. The molecule has 0 aliphatic carbocycles. The number of nitrogens with one attached hydrogen (secondary N) is 2. The average Bonchev–Trinajstić information content (AvgIpc) is 2.44. The van der Waals surface area contributed by atoms with E-state index >= 15 is 0 Å². The molecule has 0 aliphatic heterocycles. The van der Waals surface area contributed by atoms with E-state index in [4.69, 9.17) is 28.9 Å². The molecule has 108 valence electrons. The summed E-state index contributed by atoms with van der Waals surface area (Å²) in [6.07, 6.45) is 0. The average molecular weight is 322 g/mol. The SMILES string of the molecule is C=C(NNC(=O)c1ccc(Cl)cc1Cl)c1cccc(N)c1. The molecule has 2 aromatic rings. The van der Waals surface area contributed by atoms with Gasteiger partial charge in [0.15, 0.2) is 0 Å².